The van der Waals surface area contributed by atoms with Crippen molar-refractivity contribution in [1.29, 1.82) is 0 Å². The molecule has 8 nitrogen and oxygen atoms in total. The number of hydrogen-bond donors (Lipinski definition) is 0. The van der Waals surface area contributed by atoms with Crippen LogP contribution in [0.1, 0.15) is 58.8 Å². The molecule has 2 aliphatic heterocycles. The number of fused-ring (bicyclic) bond motifs is 1. The number of piperidine rings is 1. The summed E-state index contributed by atoms with van der Waals surface area (Å²) in [4.78, 5) is 44.9. The third-order valence-electron chi connectivity index (χ3n) is 6.97. The van der Waals surface area contributed by atoms with Gasteiger partial charge in [0.2, 0.25) is 5.91 Å². The van der Waals surface area contributed by atoms with E-state index in [9.17, 15) is 14.4 Å². The van der Waals surface area contributed by atoms with Crippen molar-refractivity contribution in [3.05, 3.63) is 51.8 Å². The van der Waals surface area contributed by atoms with E-state index >= 15 is 0 Å². The summed E-state index contributed by atoms with van der Waals surface area (Å²) in [6.07, 6.45) is 2.19. The topological polar surface area (TPSA) is 78.8 Å². The minimum atomic E-state index is -0.185. The van der Waals surface area contributed by atoms with E-state index in [1.165, 1.54) is 0 Å². The number of hydrogen-bond acceptors (Lipinski definition) is 4. The summed E-state index contributed by atoms with van der Waals surface area (Å²) < 4.78 is 1.75. The number of amides is 3. The Hall–Kier alpha value is -2.87. The molecule has 0 saturated carbocycles. The largest absolute Gasteiger partial charge is 0.343 e. The smallest absolute Gasteiger partial charge is 0.274 e. The van der Waals surface area contributed by atoms with E-state index in [2.05, 4.69) is 5.10 Å². The lowest BCUT2D eigenvalue weighted by molar-refractivity contribution is -0.136. The summed E-state index contributed by atoms with van der Waals surface area (Å²) in [6, 6.07) is 7.01. The number of benzene rings is 1. The van der Waals surface area contributed by atoms with Crippen LogP contribution in [0.15, 0.2) is 24.3 Å². The molecule has 3 heterocycles. The van der Waals surface area contributed by atoms with Crippen molar-refractivity contribution in [2.24, 2.45) is 13.0 Å². The molecule has 1 saturated heterocycles. The van der Waals surface area contributed by atoms with Crippen LogP contribution in [0, 0.1) is 5.92 Å². The highest BCUT2D eigenvalue weighted by atomic mass is 35.5. The second kappa shape index (κ2) is 10.2. The highest BCUT2D eigenvalue weighted by molar-refractivity contribution is 6.33. The van der Waals surface area contributed by atoms with Gasteiger partial charge in [-0.05, 0) is 38.8 Å². The Morgan fingerprint density at radius 1 is 1.09 bits per heavy atom. The second-order valence-corrected chi connectivity index (χ2v) is 9.36. The molecule has 1 aromatic heterocycles. The maximum absolute atomic E-state index is 13.6. The summed E-state index contributed by atoms with van der Waals surface area (Å²) in [5.41, 5.74) is 2.60. The molecule has 1 atom stereocenters. The van der Waals surface area contributed by atoms with Crippen LogP contribution in [0.3, 0.4) is 0 Å². The molecule has 0 N–H and O–H groups in total. The van der Waals surface area contributed by atoms with Gasteiger partial charge in [0.15, 0.2) is 5.69 Å². The second-order valence-electron chi connectivity index (χ2n) is 8.95. The van der Waals surface area contributed by atoms with Gasteiger partial charge in [0, 0.05) is 57.4 Å². The van der Waals surface area contributed by atoms with Crippen LogP contribution in [0.4, 0.5) is 0 Å². The summed E-state index contributed by atoms with van der Waals surface area (Å²) in [5.74, 6) is -0.389. The van der Waals surface area contributed by atoms with E-state index in [4.69, 9.17) is 11.6 Å². The number of nitrogens with zero attached hydrogens (tertiary/aromatic N) is 5. The van der Waals surface area contributed by atoms with Crippen molar-refractivity contribution in [3.8, 4) is 0 Å². The number of rotatable bonds is 5. The Balaban J connectivity index is 1.54. The van der Waals surface area contributed by atoms with E-state index in [1.54, 1.807) is 38.7 Å². The van der Waals surface area contributed by atoms with Gasteiger partial charge >= 0.3 is 0 Å². The van der Waals surface area contributed by atoms with E-state index in [0.717, 1.165) is 24.1 Å². The predicted molar refractivity (Wildman–Crippen MR) is 130 cm³/mol. The Morgan fingerprint density at radius 3 is 2.53 bits per heavy atom. The minimum absolute atomic E-state index is 0.113. The molecule has 1 aromatic carbocycles. The summed E-state index contributed by atoms with van der Waals surface area (Å²) in [5, 5.41) is 4.97. The molecule has 3 amide bonds. The molecule has 0 bridgehead atoms. The van der Waals surface area contributed by atoms with Gasteiger partial charge in [0.1, 0.15) is 0 Å². The zero-order chi connectivity index (χ0) is 24.4. The van der Waals surface area contributed by atoms with Crippen LogP contribution in [-0.4, -0.2) is 74.9 Å². The van der Waals surface area contributed by atoms with Crippen molar-refractivity contribution in [2.45, 2.75) is 39.7 Å². The molecule has 1 fully saturated rings. The fourth-order valence-electron chi connectivity index (χ4n) is 5.05. The lowest BCUT2D eigenvalue weighted by Gasteiger charge is -2.34. The molecule has 0 aliphatic carbocycles. The molecule has 9 heteroatoms. The average molecular weight is 486 g/mol. The summed E-state index contributed by atoms with van der Waals surface area (Å²) in [7, 11) is 1.84. The zero-order valence-corrected chi connectivity index (χ0v) is 20.8. The van der Waals surface area contributed by atoms with E-state index in [0.29, 0.717) is 62.0 Å². The third kappa shape index (κ3) is 4.56. The van der Waals surface area contributed by atoms with Gasteiger partial charge < -0.3 is 14.7 Å². The van der Waals surface area contributed by atoms with Crippen molar-refractivity contribution in [1.82, 2.24) is 24.5 Å². The van der Waals surface area contributed by atoms with E-state index < -0.39 is 0 Å². The van der Waals surface area contributed by atoms with Crippen molar-refractivity contribution in [2.75, 3.05) is 32.7 Å². The molecule has 2 aromatic rings. The van der Waals surface area contributed by atoms with Gasteiger partial charge in [-0.3, -0.25) is 19.1 Å². The molecular formula is C25H32ClN5O3. The quantitative estimate of drug-likeness (QED) is 0.652. The average Bonchev–Trinajstić information content (AvgIpc) is 3.20. The summed E-state index contributed by atoms with van der Waals surface area (Å²) in [6.45, 7) is 7.15. The summed E-state index contributed by atoms with van der Waals surface area (Å²) >= 11 is 6.25. The van der Waals surface area contributed by atoms with Gasteiger partial charge in [0.05, 0.1) is 23.0 Å². The molecule has 182 valence electrons. The maximum Gasteiger partial charge on any atom is 0.274 e. The number of likely N-dealkylation sites (tertiary alicyclic amines) is 1. The van der Waals surface area contributed by atoms with Crippen LogP contribution < -0.4 is 0 Å². The monoisotopic (exact) mass is 485 g/mol. The number of aryl methyl sites for hydroxylation is 1. The first-order valence-electron chi connectivity index (χ1n) is 12.0. The zero-order valence-electron chi connectivity index (χ0n) is 20.1. The van der Waals surface area contributed by atoms with Crippen molar-refractivity contribution < 1.29 is 14.4 Å². The molecule has 2 aliphatic rings. The third-order valence-corrected chi connectivity index (χ3v) is 7.30. The lowest BCUT2D eigenvalue weighted by atomic mass is 9.95. The highest BCUT2D eigenvalue weighted by Crippen LogP contribution is 2.28. The first kappa shape index (κ1) is 24.3. The van der Waals surface area contributed by atoms with Crippen LogP contribution in [0.2, 0.25) is 5.02 Å². The van der Waals surface area contributed by atoms with Crippen LogP contribution in [0.25, 0.3) is 0 Å². The predicted octanol–water partition coefficient (Wildman–Crippen LogP) is 2.99. The van der Waals surface area contributed by atoms with Crippen molar-refractivity contribution >= 4 is 29.3 Å². The number of carbonyl (C=O) groups is 3. The van der Waals surface area contributed by atoms with Gasteiger partial charge in [-0.25, -0.2) is 0 Å². The van der Waals surface area contributed by atoms with Gasteiger partial charge in [-0.15, -0.1) is 0 Å². The fraction of sp³-hybridized carbons (Fsp3) is 0.520. The van der Waals surface area contributed by atoms with Gasteiger partial charge in [0.25, 0.3) is 11.8 Å². The Kier molecular flexibility index (Phi) is 7.26. The number of aromatic nitrogens is 2. The van der Waals surface area contributed by atoms with Gasteiger partial charge in [-0.1, -0.05) is 23.7 Å². The van der Waals surface area contributed by atoms with Gasteiger partial charge in [-0.2, -0.15) is 5.10 Å². The fourth-order valence-corrected chi connectivity index (χ4v) is 5.27. The minimum Gasteiger partial charge on any atom is -0.343 e. The Labute approximate surface area is 205 Å². The Morgan fingerprint density at radius 2 is 1.82 bits per heavy atom. The van der Waals surface area contributed by atoms with Crippen LogP contribution in [-0.2, 0) is 24.8 Å². The standard InChI is InChI=1S/C25H32ClN5O3/c1-4-29(5-2)23(32)17-9-8-13-30(15-17)25(34)22-19-16-31(14-12-21(19)28(3)27-22)24(33)18-10-6-7-11-20(18)26/h6-7,10-11,17H,4-5,8-9,12-16H2,1-3H3. The molecule has 1 unspecified atom stereocenters. The van der Waals surface area contributed by atoms with E-state index in [-0.39, 0.29) is 23.6 Å². The number of halogens is 1. The molecular weight excluding hydrogens is 454 g/mol. The first-order valence-corrected chi connectivity index (χ1v) is 12.4. The molecule has 34 heavy (non-hydrogen) atoms. The normalized spacial score (nSPS) is 17.9. The highest BCUT2D eigenvalue weighted by Gasteiger charge is 2.35. The Bertz CT molecular complexity index is 1090. The number of carbonyl (C=O) groups excluding carboxylic acids is 3. The molecule has 4 rings (SSSR count). The lowest BCUT2D eigenvalue weighted by Crippen LogP contribution is -2.47. The first-order chi connectivity index (χ1) is 16.3. The van der Waals surface area contributed by atoms with Crippen LogP contribution >= 0.6 is 11.6 Å². The van der Waals surface area contributed by atoms with Crippen molar-refractivity contribution in [3.63, 3.8) is 0 Å². The van der Waals surface area contributed by atoms with Crippen LogP contribution in [0.5, 0.6) is 0 Å². The SMILES string of the molecule is CCN(CC)C(=O)C1CCCN(C(=O)c2nn(C)c3c2CN(C(=O)c2ccccc2Cl)CC3)C1. The molecule has 0 radical (unpaired) electrons. The molecule has 0 spiro atoms. The maximum atomic E-state index is 13.6. The van der Waals surface area contributed by atoms with E-state index in [1.807, 2.05) is 25.8 Å².